The summed E-state index contributed by atoms with van der Waals surface area (Å²) in [6.45, 7) is 8.52. The molecule has 0 saturated carbocycles. The maximum absolute atomic E-state index is 13.1. The molecule has 1 heterocycles. The molecule has 0 radical (unpaired) electrons. The molecule has 1 amide bonds. The highest BCUT2D eigenvalue weighted by Crippen LogP contribution is 2.41. The zero-order valence-electron chi connectivity index (χ0n) is 23.6. The first-order valence-corrected chi connectivity index (χ1v) is 13.1. The number of benzene rings is 2. The average Bonchev–Trinajstić information content (AvgIpc) is 2.86. The summed E-state index contributed by atoms with van der Waals surface area (Å²) >= 11 is 6.35. The molecule has 0 aliphatic carbocycles. The molecule has 222 valence electrons. The lowest BCUT2D eigenvalue weighted by Gasteiger charge is -2.24. The van der Waals surface area contributed by atoms with Gasteiger partial charge in [-0.25, -0.2) is 9.59 Å². The number of hydrogen-bond donors (Lipinski definition) is 0. The first-order chi connectivity index (χ1) is 19.1. The number of ether oxygens (including phenoxy) is 4. The lowest BCUT2D eigenvalue weighted by Crippen LogP contribution is -2.35. The molecule has 3 aromatic rings. The van der Waals surface area contributed by atoms with E-state index < -0.39 is 36.4 Å². The van der Waals surface area contributed by atoms with E-state index in [0.29, 0.717) is 39.2 Å². The Morgan fingerprint density at radius 2 is 1.68 bits per heavy atom. The molecule has 0 saturated heterocycles. The molecule has 0 bridgehead atoms. The summed E-state index contributed by atoms with van der Waals surface area (Å²) in [5.41, 5.74) is 1.24. The van der Waals surface area contributed by atoms with E-state index >= 15 is 0 Å². The van der Waals surface area contributed by atoms with Gasteiger partial charge >= 0.3 is 18.4 Å². The number of carbonyl (C=O) groups excluding carboxylic acids is 2. The number of aryl methyl sites for hydroxylation is 2. The molecule has 41 heavy (non-hydrogen) atoms. The van der Waals surface area contributed by atoms with Gasteiger partial charge in [0.25, 0.3) is 0 Å². The van der Waals surface area contributed by atoms with Crippen LogP contribution in [0, 0.1) is 13.8 Å². The minimum Gasteiger partial charge on any atom is -0.456 e. The van der Waals surface area contributed by atoms with Gasteiger partial charge in [0, 0.05) is 35.3 Å². The number of halogens is 4. The van der Waals surface area contributed by atoms with Gasteiger partial charge in [0.1, 0.15) is 11.4 Å². The first-order valence-electron chi connectivity index (χ1n) is 12.7. The summed E-state index contributed by atoms with van der Waals surface area (Å²) < 4.78 is 60.6. The second kappa shape index (κ2) is 12.8. The molecular formula is C29H32ClF3N2O6. The van der Waals surface area contributed by atoms with Gasteiger partial charge in [0.15, 0.2) is 0 Å². The van der Waals surface area contributed by atoms with Crippen molar-refractivity contribution in [2.24, 2.45) is 0 Å². The monoisotopic (exact) mass is 596 g/mol. The van der Waals surface area contributed by atoms with E-state index in [1.807, 2.05) is 6.92 Å². The highest BCUT2D eigenvalue weighted by molar-refractivity contribution is 6.32. The van der Waals surface area contributed by atoms with Gasteiger partial charge in [-0.2, -0.15) is 13.2 Å². The van der Waals surface area contributed by atoms with Crippen LogP contribution in [0.25, 0.3) is 22.0 Å². The maximum atomic E-state index is 13.1. The van der Waals surface area contributed by atoms with Crippen molar-refractivity contribution in [2.75, 3.05) is 27.0 Å². The van der Waals surface area contributed by atoms with Crippen molar-refractivity contribution in [3.8, 4) is 16.9 Å². The third kappa shape index (κ3) is 8.63. The second-order valence-electron chi connectivity index (χ2n) is 10.4. The highest BCUT2D eigenvalue weighted by atomic mass is 35.5. The Kier molecular flexibility index (Phi) is 9.96. The largest absolute Gasteiger partial charge is 0.511 e. The van der Waals surface area contributed by atoms with Gasteiger partial charge < -0.3 is 23.8 Å². The highest BCUT2D eigenvalue weighted by Gasteiger charge is 2.30. The third-order valence-corrected chi connectivity index (χ3v) is 6.25. The predicted molar refractivity (Wildman–Crippen MR) is 148 cm³/mol. The van der Waals surface area contributed by atoms with Crippen LogP contribution in [-0.2, 0) is 20.4 Å². The average molecular weight is 597 g/mol. The SMILES string of the molecule is Cc1cc2nc(C)c(-c3ccc(C(F)(F)F)cc3)c(OCOC(=O)OCCCN(C)C(=O)OC(C)(C)C)c2cc1Cl. The summed E-state index contributed by atoms with van der Waals surface area (Å²) in [7, 11) is 1.57. The summed E-state index contributed by atoms with van der Waals surface area (Å²) in [6.07, 6.45) is -5.63. The van der Waals surface area contributed by atoms with Crippen LogP contribution >= 0.6 is 11.6 Å². The fraction of sp³-hybridized carbons (Fsp3) is 0.414. The molecule has 0 unspecified atom stereocenters. The minimum atomic E-state index is -4.49. The van der Waals surface area contributed by atoms with Gasteiger partial charge in [-0.15, -0.1) is 0 Å². The van der Waals surface area contributed by atoms with E-state index in [9.17, 15) is 22.8 Å². The molecule has 3 rings (SSSR count). The number of rotatable bonds is 8. The standard InChI is InChI=1S/C29H32ClF3N2O6/c1-17-14-23-21(15-22(17)30)25(24(18(2)34-23)19-8-10-20(11-9-19)29(31,32)33)39-16-40-27(37)38-13-7-12-35(6)26(36)41-28(3,4)5/h8-11,14-15H,7,12-13,16H2,1-6H3. The number of nitrogens with zero attached hydrogens (tertiary/aromatic N) is 2. The lowest BCUT2D eigenvalue weighted by atomic mass is 9.98. The van der Waals surface area contributed by atoms with Crippen molar-refractivity contribution in [1.82, 2.24) is 9.88 Å². The molecule has 0 N–H and O–H groups in total. The number of alkyl halides is 3. The zero-order valence-corrected chi connectivity index (χ0v) is 24.4. The van der Waals surface area contributed by atoms with Crippen LogP contribution in [-0.4, -0.2) is 54.7 Å². The van der Waals surface area contributed by atoms with E-state index in [4.69, 9.17) is 30.5 Å². The predicted octanol–water partition coefficient (Wildman–Crippen LogP) is 7.94. The quantitative estimate of drug-likeness (QED) is 0.148. The van der Waals surface area contributed by atoms with Crippen LogP contribution in [0.4, 0.5) is 22.8 Å². The van der Waals surface area contributed by atoms with E-state index in [1.54, 1.807) is 46.9 Å². The van der Waals surface area contributed by atoms with Gasteiger partial charge in [0.05, 0.1) is 17.7 Å². The zero-order chi connectivity index (χ0) is 30.5. The van der Waals surface area contributed by atoms with Crippen LogP contribution in [0.2, 0.25) is 5.02 Å². The van der Waals surface area contributed by atoms with Crippen LogP contribution in [0.1, 0.15) is 44.0 Å². The number of aromatic nitrogens is 1. The Balaban J connectivity index is 1.71. The number of pyridine rings is 1. The molecule has 1 aromatic heterocycles. The molecule has 12 heteroatoms. The van der Waals surface area contributed by atoms with Crippen molar-refractivity contribution >= 4 is 34.8 Å². The number of amides is 1. The normalized spacial score (nSPS) is 11.8. The molecule has 0 atom stereocenters. The smallest absolute Gasteiger partial charge is 0.456 e. The Labute approximate surface area is 241 Å². The minimum absolute atomic E-state index is 0.0189. The topological polar surface area (TPSA) is 87.2 Å². The first kappa shape index (κ1) is 31.8. The van der Waals surface area contributed by atoms with Crippen molar-refractivity contribution in [3.63, 3.8) is 0 Å². The van der Waals surface area contributed by atoms with Crippen LogP contribution in [0.15, 0.2) is 36.4 Å². The fourth-order valence-corrected chi connectivity index (χ4v) is 4.02. The van der Waals surface area contributed by atoms with E-state index in [0.717, 1.165) is 17.7 Å². The Bertz CT molecular complexity index is 1410. The molecular weight excluding hydrogens is 565 g/mol. The van der Waals surface area contributed by atoms with Crippen molar-refractivity contribution in [3.05, 3.63) is 58.2 Å². The summed E-state index contributed by atoms with van der Waals surface area (Å²) in [4.78, 5) is 30.1. The van der Waals surface area contributed by atoms with Crippen molar-refractivity contribution < 1.29 is 41.7 Å². The fourth-order valence-electron chi connectivity index (χ4n) is 3.86. The number of hydrogen-bond acceptors (Lipinski definition) is 7. The molecule has 0 aliphatic heterocycles. The molecule has 0 fully saturated rings. The molecule has 0 aliphatic rings. The molecule has 2 aromatic carbocycles. The number of fused-ring (bicyclic) bond motifs is 1. The van der Waals surface area contributed by atoms with Gasteiger partial charge in [-0.1, -0.05) is 23.7 Å². The Morgan fingerprint density at radius 1 is 1.02 bits per heavy atom. The van der Waals surface area contributed by atoms with E-state index in [1.165, 1.54) is 17.0 Å². The van der Waals surface area contributed by atoms with Crippen molar-refractivity contribution in [1.29, 1.82) is 0 Å². The third-order valence-electron chi connectivity index (χ3n) is 5.84. The van der Waals surface area contributed by atoms with Gasteiger partial charge in [-0.3, -0.25) is 4.98 Å². The van der Waals surface area contributed by atoms with Crippen molar-refractivity contribution in [2.45, 2.75) is 52.8 Å². The molecule has 8 nitrogen and oxygen atoms in total. The summed E-state index contributed by atoms with van der Waals surface area (Å²) in [6, 6.07) is 7.99. The summed E-state index contributed by atoms with van der Waals surface area (Å²) in [5, 5.41) is 0.922. The van der Waals surface area contributed by atoms with Crippen LogP contribution in [0.3, 0.4) is 0 Å². The van der Waals surface area contributed by atoms with Crippen LogP contribution < -0.4 is 4.74 Å². The summed E-state index contributed by atoms with van der Waals surface area (Å²) in [5.74, 6) is 0.237. The maximum Gasteiger partial charge on any atom is 0.511 e. The van der Waals surface area contributed by atoms with E-state index in [2.05, 4.69) is 4.98 Å². The molecule has 0 spiro atoms. The second-order valence-corrected chi connectivity index (χ2v) is 10.8. The van der Waals surface area contributed by atoms with Crippen LogP contribution in [0.5, 0.6) is 5.75 Å². The van der Waals surface area contributed by atoms with Gasteiger partial charge in [0.2, 0.25) is 6.79 Å². The van der Waals surface area contributed by atoms with E-state index in [-0.39, 0.29) is 18.9 Å². The Hall–Kier alpha value is -3.73. The van der Waals surface area contributed by atoms with Gasteiger partial charge in [-0.05, 0) is 76.4 Å². The number of carbonyl (C=O) groups is 2. The lowest BCUT2D eigenvalue weighted by molar-refractivity contribution is -0.137. The Morgan fingerprint density at radius 3 is 2.29 bits per heavy atom.